The molecule has 0 spiro atoms. The molecule has 0 aliphatic carbocycles. The lowest BCUT2D eigenvalue weighted by Gasteiger charge is -2.15. The molecule has 1 aromatic heterocycles. The van der Waals surface area contributed by atoms with Crippen LogP contribution in [0.4, 0.5) is 0 Å². The molecule has 6 heteroatoms. The van der Waals surface area contributed by atoms with Gasteiger partial charge in [0.15, 0.2) is 6.29 Å². The lowest BCUT2D eigenvalue weighted by Crippen LogP contribution is -2.28. The van der Waals surface area contributed by atoms with Crippen LogP contribution < -0.4 is 4.74 Å². The van der Waals surface area contributed by atoms with E-state index in [1.807, 2.05) is 12.1 Å². The molecule has 5 nitrogen and oxygen atoms in total. The largest absolute Gasteiger partial charge is 0.491 e. The maximum atomic E-state index is 9.70. The van der Waals surface area contributed by atoms with Crippen molar-refractivity contribution < 1.29 is 19.7 Å². The van der Waals surface area contributed by atoms with Gasteiger partial charge >= 0.3 is 0 Å². The van der Waals surface area contributed by atoms with Crippen molar-refractivity contribution in [3.8, 4) is 18.1 Å². The summed E-state index contributed by atoms with van der Waals surface area (Å²) in [5, 5.41) is 20.5. The highest BCUT2D eigenvalue weighted by molar-refractivity contribution is 6.29. The number of rotatable bonds is 3. The Labute approximate surface area is 132 Å². The van der Waals surface area contributed by atoms with Gasteiger partial charge < -0.3 is 19.7 Å². The van der Waals surface area contributed by atoms with Gasteiger partial charge in [-0.3, -0.25) is 0 Å². The number of pyridine rings is 1. The Kier molecular flexibility index (Phi) is 4.19. The first-order valence-electron chi connectivity index (χ1n) is 6.75. The lowest BCUT2D eigenvalue weighted by molar-refractivity contribution is -0.131. The highest BCUT2D eigenvalue weighted by atomic mass is 35.5. The van der Waals surface area contributed by atoms with Crippen molar-refractivity contribution in [2.24, 2.45) is 5.92 Å². The Balaban J connectivity index is 1.73. The van der Waals surface area contributed by atoms with E-state index in [4.69, 9.17) is 27.5 Å². The number of aromatic nitrogens is 1. The van der Waals surface area contributed by atoms with Gasteiger partial charge in [-0.15, -0.1) is 6.42 Å². The highest BCUT2D eigenvalue weighted by Gasteiger charge is 2.42. The minimum Gasteiger partial charge on any atom is -0.491 e. The van der Waals surface area contributed by atoms with Crippen molar-refractivity contribution in [2.75, 3.05) is 6.61 Å². The highest BCUT2D eigenvalue weighted by Crippen LogP contribution is 2.27. The fourth-order valence-corrected chi connectivity index (χ4v) is 2.58. The molecule has 2 aromatic rings. The smallest absolute Gasteiger partial charge is 0.182 e. The fraction of sp³-hybridized carbons (Fsp3) is 0.312. The molecule has 1 aliphatic rings. The van der Waals surface area contributed by atoms with Crippen LogP contribution in [0.3, 0.4) is 0 Å². The molecule has 0 amide bonds. The minimum atomic E-state index is -1.29. The molecule has 1 fully saturated rings. The second-order valence-electron chi connectivity index (χ2n) is 5.05. The first-order chi connectivity index (χ1) is 10.6. The molecule has 2 N–H and O–H groups in total. The number of halogens is 1. The Bertz CT molecular complexity index is 730. The van der Waals surface area contributed by atoms with Crippen LogP contribution in [-0.2, 0) is 4.74 Å². The molecule has 1 aromatic carbocycles. The number of hydrogen-bond acceptors (Lipinski definition) is 5. The van der Waals surface area contributed by atoms with Crippen LogP contribution in [0.25, 0.3) is 10.9 Å². The summed E-state index contributed by atoms with van der Waals surface area (Å²) >= 11 is 5.87. The van der Waals surface area contributed by atoms with Crippen LogP contribution in [0.1, 0.15) is 0 Å². The van der Waals surface area contributed by atoms with E-state index in [1.54, 1.807) is 18.2 Å². The van der Waals surface area contributed by atoms with Gasteiger partial charge in [0.25, 0.3) is 0 Å². The van der Waals surface area contributed by atoms with E-state index >= 15 is 0 Å². The number of aliphatic hydroxyl groups excluding tert-OH is 2. The number of aliphatic hydroxyl groups is 2. The van der Waals surface area contributed by atoms with Crippen LogP contribution in [-0.4, -0.2) is 40.3 Å². The van der Waals surface area contributed by atoms with Crippen molar-refractivity contribution >= 4 is 22.5 Å². The first kappa shape index (κ1) is 15.1. The number of terminal acetylenes is 1. The second-order valence-corrected chi connectivity index (χ2v) is 5.43. The standard InChI is InChI=1S/C16H14ClNO4/c1-2-11-13(22-16(20)15(11)19)8-21-10-5-3-9-4-6-14(17)18-12(9)7-10/h1,3-7,11,13,15-16,19-20H,8H2/t11-,13+,15+,16?/m0/s1. The van der Waals surface area contributed by atoms with Gasteiger partial charge in [-0.2, -0.15) is 0 Å². The molecule has 1 unspecified atom stereocenters. The zero-order valence-corrected chi connectivity index (χ0v) is 12.3. The number of ether oxygens (including phenoxy) is 2. The molecular weight excluding hydrogens is 306 g/mol. The van der Waals surface area contributed by atoms with Crippen molar-refractivity contribution in [3.05, 3.63) is 35.5 Å². The van der Waals surface area contributed by atoms with Gasteiger partial charge in [0, 0.05) is 11.5 Å². The number of nitrogens with zero attached hydrogens (tertiary/aromatic N) is 1. The van der Waals surface area contributed by atoms with E-state index in [0.29, 0.717) is 16.4 Å². The average molecular weight is 320 g/mol. The molecule has 0 saturated carbocycles. The summed E-state index contributed by atoms with van der Waals surface area (Å²) in [6.45, 7) is 0.120. The third kappa shape index (κ3) is 2.87. The quantitative estimate of drug-likeness (QED) is 0.664. The lowest BCUT2D eigenvalue weighted by atomic mass is 10.0. The molecule has 22 heavy (non-hydrogen) atoms. The Morgan fingerprint density at radius 3 is 2.86 bits per heavy atom. The summed E-state index contributed by atoms with van der Waals surface area (Å²) in [7, 11) is 0. The van der Waals surface area contributed by atoms with Gasteiger partial charge in [0.1, 0.15) is 29.7 Å². The topological polar surface area (TPSA) is 71.8 Å². The van der Waals surface area contributed by atoms with Gasteiger partial charge in [-0.05, 0) is 24.3 Å². The predicted octanol–water partition coefficient (Wildman–Crippen LogP) is 1.59. The van der Waals surface area contributed by atoms with Crippen molar-refractivity contribution in [1.29, 1.82) is 0 Å². The SMILES string of the molecule is C#C[C@H]1[C@@H](COc2ccc3ccc(Cl)nc3c2)OC(O)[C@@H]1O. The summed E-state index contributed by atoms with van der Waals surface area (Å²) in [6.07, 6.45) is 2.40. The molecule has 0 bridgehead atoms. The second kappa shape index (κ2) is 6.11. The van der Waals surface area contributed by atoms with Crippen molar-refractivity contribution in [1.82, 2.24) is 4.98 Å². The van der Waals surface area contributed by atoms with E-state index < -0.39 is 24.4 Å². The number of benzene rings is 1. The number of hydrogen-bond donors (Lipinski definition) is 2. The van der Waals surface area contributed by atoms with Gasteiger partial charge in [0.2, 0.25) is 0 Å². The van der Waals surface area contributed by atoms with Crippen LogP contribution in [0, 0.1) is 18.3 Å². The molecular formula is C16H14ClNO4. The first-order valence-corrected chi connectivity index (χ1v) is 7.13. The summed E-state index contributed by atoms with van der Waals surface area (Å²) in [5.74, 6) is 2.40. The fourth-order valence-electron chi connectivity index (χ4n) is 2.43. The molecule has 1 aliphatic heterocycles. The molecule has 114 valence electrons. The van der Waals surface area contributed by atoms with Crippen LogP contribution in [0.15, 0.2) is 30.3 Å². The minimum absolute atomic E-state index is 0.120. The average Bonchev–Trinajstić information content (AvgIpc) is 2.79. The van der Waals surface area contributed by atoms with E-state index in [9.17, 15) is 10.2 Å². The molecule has 1 saturated heterocycles. The summed E-state index contributed by atoms with van der Waals surface area (Å²) < 4.78 is 10.8. The Morgan fingerprint density at radius 1 is 1.32 bits per heavy atom. The van der Waals surface area contributed by atoms with E-state index in [2.05, 4.69) is 10.9 Å². The summed E-state index contributed by atoms with van der Waals surface area (Å²) in [4.78, 5) is 4.21. The molecule has 4 atom stereocenters. The monoisotopic (exact) mass is 319 g/mol. The molecule has 2 heterocycles. The predicted molar refractivity (Wildman–Crippen MR) is 81.5 cm³/mol. The van der Waals surface area contributed by atoms with Crippen LogP contribution in [0.2, 0.25) is 5.15 Å². The third-order valence-corrected chi connectivity index (χ3v) is 3.82. The molecule has 0 radical (unpaired) electrons. The van der Waals surface area contributed by atoms with E-state index in [-0.39, 0.29) is 6.61 Å². The maximum absolute atomic E-state index is 9.70. The van der Waals surface area contributed by atoms with Gasteiger partial charge in [0.05, 0.1) is 11.4 Å². The summed E-state index contributed by atoms with van der Waals surface area (Å²) in [5.41, 5.74) is 0.714. The van der Waals surface area contributed by atoms with Crippen molar-refractivity contribution in [2.45, 2.75) is 18.5 Å². The van der Waals surface area contributed by atoms with Gasteiger partial charge in [-0.25, -0.2) is 4.98 Å². The Morgan fingerprint density at radius 2 is 2.09 bits per heavy atom. The Hall–Kier alpha value is -1.84. The van der Waals surface area contributed by atoms with Crippen LogP contribution >= 0.6 is 11.6 Å². The normalized spacial score (nSPS) is 27.7. The number of fused-ring (bicyclic) bond motifs is 1. The van der Waals surface area contributed by atoms with Crippen molar-refractivity contribution in [3.63, 3.8) is 0 Å². The maximum Gasteiger partial charge on any atom is 0.182 e. The zero-order chi connectivity index (χ0) is 15.7. The molecule has 3 rings (SSSR count). The summed E-state index contributed by atoms with van der Waals surface area (Å²) in [6, 6.07) is 9.01. The van der Waals surface area contributed by atoms with Gasteiger partial charge in [-0.1, -0.05) is 17.5 Å². The van der Waals surface area contributed by atoms with E-state index in [0.717, 1.165) is 5.39 Å². The third-order valence-electron chi connectivity index (χ3n) is 3.61. The zero-order valence-electron chi connectivity index (χ0n) is 11.5. The van der Waals surface area contributed by atoms with Crippen LogP contribution in [0.5, 0.6) is 5.75 Å². The van der Waals surface area contributed by atoms with E-state index in [1.165, 1.54) is 0 Å².